The third-order valence-electron chi connectivity index (χ3n) is 5.88. The molecule has 0 aliphatic heterocycles. The minimum atomic E-state index is -3.37. The minimum Gasteiger partial charge on any atom is -0.490 e. The Morgan fingerprint density at radius 2 is 2.09 bits per heavy atom. The zero-order valence-electron chi connectivity index (χ0n) is 20.4. The number of aromatic nitrogens is 1. The Balaban J connectivity index is 1.58. The van der Waals surface area contributed by atoms with Crippen LogP contribution in [0.5, 0.6) is 5.75 Å². The fourth-order valence-corrected chi connectivity index (χ4v) is 6.59. The van der Waals surface area contributed by atoms with Crippen LogP contribution in [0, 0.1) is 11.3 Å². The van der Waals surface area contributed by atoms with Crippen molar-refractivity contribution in [1.29, 1.82) is 5.26 Å². The standard InChI is InChI=1S/C26H30N4O3S2/c1-17(2)33-24-11-8-18(14-19(24)15-27)26-28-16-25(34-26)22-7-5-6-21-20(22)9-10-23(21)29-35(31,32)13-12-30(3)4/h5-8,11,14,16-17,23,29H,9-10,12-13H2,1-4H3. The van der Waals surface area contributed by atoms with E-state index in [0.717, 1.165) is 39.4 Å². The molecule has 184 valence electrons. The lowest BCUT2D eigenvalue weighted by Gasteiger charge is -2.16. The lowest BCUT2D eigenvalue weighted by atomic mass is 10.0. The number of thiazole rings is 1. The lowest BCUT2D eigenvalue weighted by molar-refractivity contribution is 0.242. The van der Waals surface area contributed by atoms with Crippen LogP contribution in [0.2, 0.25) is 0 Å². The van der Waals surface area contributed by atoms with E-state index in [4.69, 9.17) is 4.74 Å². The van der Waals surface area contributed by atoms with E-state index in [1.807, 2.05) is 69.4 Å². The Kier molecular flexibility index (Phi) is 7.57. The average Bonchev–Trinajstić information content (AvgIpc) is 3.45. The van der Waals surface area contributed by atoms with E-state index in [1.165, 1.54) is 5.56 Å². The van der Waals surface area contributed by atoms with Crippen molar-refractivity contribution < 1.29 is 13.2 Å². The van der Waals surface area contributed by atoms with Crippen molar-refractivity contribution in [3.63, 3.8) is 0 Å². The van der Waals surface area contributed by atoms with E-state index in [9.17, 15) is 13.7 Å². The monoisotopic (exact) mass is 510 g/mol. The highest BCUT2D eigenvalue weighted by Gasteiger charge is 2.29. The highest BCUT2D eigenvalue weighted by Crippen LogP contribution is 2.41. The second kappa shape index (κ2) is 10.5. The lowest BCUT2D eigenvalue weighted by Crippen LogP contribution is -2.33. The van der Waals surface area contributed by atoms with Gasteiger partial charge in [-0.1, -0.05) is 18.2 Å². The molecule has 1 aliphatic rings. The van der Waals surface area contributed by atoms with E-state index in [2.05, 4.69) is 21.8 Å². The minimum absolute atomic E-state index is 0.0131. The molecule has 0 spiro atoms. The van der Waals surface area contributed by atoms with Crippen LogP contribution in [0.25, 0.3) is 21.0 Å². The predicted molar refractivity (Wildman–Crippen MR) is 140 cm³/mol. The molecule has 9 heteroatoms. The fraction of sp³-hybridized carbons (Fsp3) is 0.385. The van der Waals surface area contributed by atoms with Gasteiger partial charge >= 0.3 is 0 Å². The van der Waals surface area contributed by atoms with Gasteiger partial charge in [0.1, 0.15) is 16.8 Å². The van der Waals surface area contributed by atoms with Crippen molar-refractivity contribution in [1.82, 2.24) is 14.6 Å². The Hall–Kier alpha value is -2.77. The topological polar surface area (TPSA) is 95.3 Å². The highest BCUT2D eigenvalue weighted by molar-refractivity contribution is 7.89. The molecule has 0 radical (unpaired) electrons. The predicted octanol–water partition coefficient (Wildman–Crippen LogP) is 4.60. The van der Waals surface area contributed by atoms with Gasteiger partial charge in [0.05, 0.1) is 22.3 Å². The molecule has 2 aromatic carbocycles. The second-order valence-corrected chi connectivity index (χ2v) is 12.1. The molecule has 0 bridgehead atoms. The van der Waals surface area contributed by atoms with Gasteiger partial charge in [-0.05, 0) is 75.7 Å². The van der Waals surface area contributed by atoms with Gasteiger partial charge in [-0.15, -0.1) is 11.3 Å². The molecule has 1 aromatic heterocycles. The maximum Gasteiger partial charge on any atom is 0.213 e. The summed E-state index contributed by atoms with van der Waals surface area (Å²) in [6.45, 7) is 4.34. The Morgan fingerprint density at radius 3 is 2.80 bits per heavy atom. The van der Waals surface area contributed by atoms with Gasteiger partial charge in [-0.2, -0.15) is 5.26 Å². The van der Waals surface area contributed by atoms with Crippen LogP contribution in [0.4, 0.5) is 0 Å². The van der Waals surface area contributed by atoms with Crippen molar-refractivity contribution in [2.45, 2.75) is 38.8 Å². The first-order chi connectivity index (χ1) is 16.7. The van der Waals surface area contributed by atoms with E-state index < -0.39 is 10.0 Å². The number of hydrogen-bond acceptors (Lipinski definition) is 7. The number of sulfonamides is 1. The Bertz CT molecular complexity index is 1360. The number of fused-ring (bicyclic) bond motifs is 1. The summed E-state index contributed by atoms with van der Waals surface area (Å²) >= 11 is 1.56. The molecule has 1 aliphatic carbocycles. The summed E-state index contributed by atoms with van der Waals surface area (Å²) in [5.41, 5.74) is 4.64. The summed E-state index contributed by atoms with van der Waals surface area (Å²) in [5, 5.41) is 10.4. The molecule has 1 atom stereocenters. The van der Waals surface area contributed by atoms with Gasteiger partial charge in [0.15, 0.2) is 0 Å². The van der Waals surface area contributed by atoms with Gasteiger partial charge < -0.3 is 9.64 Å². The highest BCUT2D eigenvalue weighted by atomic mass is 32.2. The van der Waals surface area contributed by atoms with Gasteiger partial charge in [0.25, 0.3) is 0 Å². The van der Waals surface area contributed by atoms with Crippen molar-refractivity contribution in [3.8, 4) is 32.8 Å². The molecule has 1 heterocycles. The number of nitrogens with zero attached hydrogens (tertiary/aromatic N) is 3. The molecular weight excluding hydrogens is 480 g/mol. The molecule has 0 amide bonds. The normalized spacial score (nSPS) is 15.4. The smallest absolute Gasteiger partial charge is 0.213 e. The third kappa shape index (κ3) is 5.90. The van der Waals surface area contributed by atoms with Crippen LogP contribution in [-0.2, 0) is 16.4 Å². The SMILES string of the molecule is CC(C)Oc1ccc(-c2ncc(-c3cccc4c3CCC4NS(=O)(=O)CCN(C)C)s2)cc1C#N. The van der Waals surface area contributed by atoms with Crippen molar-refractivity contribution >= 4 is 21.4 Å². The molecule has 7 nitrogen and oxygen atoms in total. The Labute approximate surface area is 211 Å². The summed E-state index contributed by atoms with van der Waals surface area (Å²) < 4.78 is 33.8. The number of hydrogen-bond donors (Lipinski definition) is 1. The molecule has 4 rings (SSSR count). The van der Waals surface area contributed by atoms with Crippen LogP contribution >= 0.6 is 11.3 Å². The van der Waals surface area contributed by atoms with Crippen LogP contribution in [0.15, 0.2) is 42.6 Å². The number of benzene rings is 2. The van der Waals surface area contributed by atoms with Gasteiger partial charge in [-0.25, -0.2) is 18.1 Å². The van der Waals surface area contributed by atoms with E-state index >= 15 is 0 Å². The molecule has 0 saturated carbocycles. The fourth-order valence-electron chi connectivity index (χ4n) is 4.23. The molecule has 0 saturated heterocycles. The maximum atomic E-state index is 12.6. The summed E-state index contributed by atoms with van der Waals surface area (Å²) in [6.07, 6.45) is 3.39. The van der Waals surface area contributed by atoms with Crippen LogP contribution in [0.1, 0.15) is 43.0 Å². The summed E-state index contributed by atoms with van der Waals surface area (Å²) in [6, 6.07) is 13.6. The number of nitrogens with one attached hydrogen (secondary N) is 1. The zero-order chi connectivity index (χ0) is 25.2. The van der Waals surface area contributed by atoms with Crippen LogP contribution in [0.3, 0.4) is 0 Å². The number of ether oxygens (including phenoxy) is 1. The molecule has 35 heavy (non-hydrogen) atoms. The average molecular weight is 511 g/mol. The first-order valence-corrected chi connectivity index (χ1v) is 14.1. The molecule has 0 fully saturated rings. The molecule has 1 unspecified atom stereocenters. The first kappa shape index (κ1) is 25.3. The van der Waals surface area contributed by atoms with Crippen molar-refractivity contribution in [2.24, 2.45) is 0 Å². The third-order valence-corrected chi connectivity index (χ3v) is 8.32. The van der Waals surface area contributed by atoms with Crippen molar-refractivity contribution in [2.75, 3.05) is 26.4 Å². The summed E-state index contributed by atoms with van der Waals surface area (Å²) in [5.74, 6) is 0.651. The zero-order valence-corrected chi connectivity index (χ0v) is 22.0. The van der Waals surface area contributed by atoms with Crippen molar-refractivity contribution in [3.05, 3.63) is 59.3 Å². The van der Waals surface area contributed by atoms with E-state index in [0.29, 0.717) is 17.9 Å². The molecule has 3 aromatic rings. The van der Waals surface area contributed by atoms with Crippen LogP contribution in [-0.4, -0.2) is 50.8 Å². The van der Waals surface area contributed by atoms with E-state index in [-0.39, 0.29) is 17.9 Å². The number of nitriles is 1. The largest absolute Gasteiger partial charge is 0.490 e. The van der Waals surface area contributed by atoms with Gasteiger partial charge in [-0.3, -0.25) is 0 Å². The van der Waals surface area contributed by atoms with Crippen LogP contribution < -0.4 is 9.46 Å². The number of rotatable bonds is 9. The Morgan fingerprint density at radius 1 is 1.29 bits per heavy atom. The second-order valence-electron chi connectivity index (χ2n) is 9.22. The van der Waals surface area contributed by atoms with Gasteiger partial charge in [0.2, 0.25) is 10.0 Å². The van der Waals surface area contributed by atoms with Gasteiger partial charge in [0, 0.05) is 24.3 Å². The molecule has 1 N–H and O–H groups in total. The maximum absolute atomic E-state index is 12.6. The first-order valence-electron chi connectivity index (χ1n) is 11.6. The summed E-state index contributed by atoms with van der Waals surface area (Å²) in [4.78, 5) is 7.51. The summed E-state index contributed by atoms with van der Waals surface area (Å²) in [7, 11) is 0.364. The van der Waals surface area contributed by atoms with E-state index in [1.54, 1.807) is 11.3 Å². The quantitative estimate of drug-likeness (QED) is 0.452. The molecular formula is C26H30N4O3S2.